The Labute approximate surface area is 149 Å². The predicted molar refractivity (Wildman–Crippen MR) is 97.6 cm³/mol. The molecule has 3 rings (SSSR count). The molecule has 1 aromatic carbocycles. The number of rotatable bonds is 6. The van der Waals surface area contributed by atoms with Gasteiger partial charge in [0.1, 0.15) is 5.75 Å². The van der Waals surface area contributed by atoms with Crippen LogP contribution in [0.25, 0.3) is 0 Å². The highest BCUT2D eigenvalue weighted by Crippen LogP contribution is 2.25. The van der Waals surface area contributed by atoms with Crippen LogP contribution in [0, 0.1) is 0 Å². The van der Waals surface area contributed by atoms with Gasteiger partial charge in [-0.1, -0.05) is 6.07 Å². The second-order valence-electron chi connectivity index (χ2n) is 6.97. The highest BCUT2D eigenvalue weighted by Gasteiger charge is 2.32. The average Bonchev–Trinajstić information content (AvgIpc) is 3.21. The van der Waals surface area contributed by atoms with Crippen LogP contribution in [0.2, 0.25) is 0 Å². The van der Waals surface area contributed by atoms with Gasteiger partial charge in [-0.15, -0.1) is 0 Å². The minimum absolute atomic E-state index is 0.0694. The van der Waals surface area contributed by atoms with Crippen molar-refractivity contribution in [2.75, 3.05) is 30.4 Å². The van der Waals surface area contributed by atoms with Crippen LogP contribution >= 0.6 is 0 Å². The molecule has 1 saturated heterocycles. The Morgan fingerprint density at radius 3 is 2.72 bits per heavy atom. The van der Waals surface area contributed by atoms with Gasteiger partial charge >= 0.3 is 0 Å². The van der Waals surface area contributed by atoms with Crippen molar-refractivity contribution in [2.24, 2.45) is 0 Å². The molecule has 0 aromatic heterocycles. The Balaban J connectivity index is 1.51. The Bertz CT molecular complexity index is 714. The molecule has 1 atom stereocenters. The number of hydrogen-bond acceptors (Lipinski definition) is 5. The number of anilines is 1. The fourth-order valence-corrected chi connectivity index (χ4v) is 5.24. The Hall–Kier alpha value is -1.76. The second kappa shape index (κ2) is 7.64. The van der Waals surface area contributed by atoms with E-state index >= 15 is 0 Å². The highest BCUT2D eigenvalue weighted by molar-refractivity contribution is 7.91. The summed E-state index contributed by atoms with van der Waals surface area (Å²) in [6.45, 7) is 0.139. The van der Waals surface area contributed by atoms with Gasteiger partial charge in [0.15, 0.2) is 9.84 Å². The number of carbonyl (C=O) groups excluding carboxylic acids is 1. The van der Waals surface area contributed by atoms with E-state index < -0.39 is 9.84 Å². The number of benzene rings is 1. The number of likely N-dealkylation sites (N-methyl/N-ethyl adjacent to an activating group) is 1. The summed E-state index contributed by atoms with van der Waals surface area (Å²) in [5.74, 6) is 0.951. The van der Waals surface area contributed by atoms with Crippen LogP contribution in [0.5, 0.6) is 5.75 Å². The predicted octanol–water partition coefficient (Wildman–Crippen LogP) is 2.07. The fraction of sp³-hybridized carbons (Fsp3) is 0.611. The van der Waals surface area contributed by atoms with Crippen LogP contribution in [-0.2, 0) is 14.6 Å². The summed E-state index contributed by atoms with van der Waals surface area (Å²) >= 11 is 0. The van der Waals surface area contributed by atoms with E-state index in [0.29, 0.717) is 12.5 Å². The molecule has 2 fully saturated rings. The molecular formula is C18H26N2O4S. The molecule has 7 heteroatoms. The summed E-state index contributed by atoms with van der Waals surface area (Å²) in [6, 6.07) is 7.43. The van der Waals surface area contributed by atoms with Crippen molar-refractivity contribution in [3.8, 4) is 5.75 Å². The molecule has 25 heavy (non-hydrogen) atoms. The molecule has 1 aliphatic heterocycles. The molecule has 1 aromatic rings. The first-order chi connectivity index (χ1) is 11.9. The summed E-state index contributed by atoms with van der Waals surface area (Å²) in [4.78, 5) is 13.9. The molecule has 0 unspecified atom stereocenters. The quantitative estimate of drug-likeness (QED) is 0.834. The smallest absolute Gasteiger partial charge is 0.241 e. The maximum absolute atomic E-state index is 12.3. The van der Waals surface area contributed by atoms with E-state index in [1.807, 2.05) is 24.3 Å². The number of ether oxygens (including phenoxy) is 1. The molecule has 0 radical (unpaired) electrons. The minimum atomic E-state index is -2.99. The van der Waals surface area contributed by atoms with Crippen LogP contribution in [0.15, 0.2) is 24.3 Å². The molecule has 0 spiro atoms. The standard InChI is InChI=1S/C18H26N2O4S/c1-20(15-9-10-25(22,23)13-15)18(21)12-19-14-5-4-8-17(11-14)24-16-6-2-3-7-16/h4-5,8,11,15-16,19H,2-3,6-7,9-10,12-13H2,1H3/t15-/m0/s1. The lowest BCUT2D eigenvalue weighted by Gasteiger charge is -2.23. The van der Waals surface area contributed by atoms with Crippen molar-refractivity contribution in [3.63, 3.8) is 0 Å². The van der Waals surface area contributed by atoms with Gasteiger partial charge < -0.3 is 15.0 Å². The largest absolute Gasteiger partial charge is 0.490 e. The van der Waals surface area contributed by atoms with E-state index in [1.165, 1.54) is 12.8 Å². The van der Waals surface area contributed by atoms with Gasteiger partial charge in [-0.2, -0.15) is 0 Å². The van der Waals surface area contributed by atoms with Gasteiger partial charge in [0.2, 0.25) is 5.91 Å². The van der Waals surface area contributed by atoms with Crippen molar-refractivity contribution in [2.45, 2.75) is 44.2 Å². The first kappa shape index (κ1) is 18.0. The molecule has 0 bridgehead atoms. The van der Waals surface area contributed by atoms with Crippen LogP contribution in [0.1, 0.15) is 32.1 Å². The van der Waals surface area contributed by atoms with Gasteiger partial charge in [0.25, 0.3) is 0 Å². The second-order valence-corrected chi connectivity index (χ2v) is 9.20. The number of hydrogen-bond donors (Lipinski definition) is 1. The van der Waals surface area contributed by atoms with E-state index in [9.17, 15) is 13.2 Å². The maximum atomic E-state index is 12.3. The number of carbonyl (C=O) groups is 1. The van der Waals surface area contributed by atoms with E-state index in [-0.39, 0.29) is 30.0 Å². The van der Waals surface area contributed by atoms with Gasteiger partial charge in [-0.25, -0.2) is 8.42 Å². The number of nitrogens with one attached hydrogen (secondary N) is 1. The van der Waals surface area contributed by atoms with Crippen molar-refractivity contribution in [3.05, 3.63) is 24.3 Å². The molecular weight excluding hydrogens is 340 g/mol. The van der Waals surface area contributed by atoms with E-state index in [0.717, 1.165) is 24.3 Å². The third kappa shape index (κ3) is 4.87. The Kier molecular flexibility index (Phi) is 5.51. The van der Waals surface area contributed by atoms with Gasteiger partial charge in [0, 0.05) is 24.8 Å². The highest BCUT2D eigenvalue weighted by atomic mass is 32.2. The van der Waals surface area contributed by atoms with Crippen molar-refractivity contribution in [1.82, 2.24) is 4.90 Å². The van der Waals surface area contributed by atoms with Gasteiger partial charge in [0.05, 0.1) is 24.2 Å². The van der Waals surface area contributed by atoms with Crippen molar-refractivity contribution < 1.29 is 17.9 Å². The number of amides is 1. The monoisotopic (exact) mass is 366 g/mol. The van der Waals surface area contributed by atoms with Crippen LogP contribution in [0.3, 0.4) is 0 Å². The zero-order valence-corrected chi connectivity index (χ0v) is 15.4. The van der Waals surface area contributed by atoms with Gasteiger partial charge in [-0.05, 0) is 44.2 Å². The molecule has 138 valence electrons. The molecule has 1 aliphatic carbocycles. The van der Waals surface area contributed by atoms with Crippen molar-refractivity contribution >= 4 is 21.4 Å². The topological polar surface area (TPSA) is 75.7 Å². The Morgan fingerprint density at radius 1 is 1.28 bits per heavy atom. The third-order valence-corrected chi connectivity index (χ3v) is 6.78. The fourth-order valence-electron chi connectivity index (χ4n) is 3.46. The maximum Gasteiger partial charge on any atom is 0.241 e. The summed E-state index contributed by atoms with van der Waals surface area (Å²) in [5, 5.41) is 3.11. The lowest BCUT2D eigenvalue weighted by molar-refractivity contribution is -0.129. The van der Waals surface area contributed by atoms with E-state index in [4.69, 9.17) is 4.74 Å². The first-order valence-electron chi connectivity index (χ1n) is 8.90. The van der Waals surface area contributed by atoms with E-state index in [2.05, 4.69) is 5.32 Å². The van der Waals surface area contributed by atoms with Crippen LogP contribution in [0.4, 0.5) is 5.69 Å². The number of nitrogens with zero attached hydrogens (tertiary/aromatic N) is 1. The minimum Gasteiger partial charge on any atom is -0.490 e. The molecule has 6 nitrogen and oxygen atoms in total. The van der Waals surface area contributed by atoms with Crippen molar-refractivity contribution in [1.29, 1.82) is 0 Å². The SMILES string of the molecule is CN(C(=O)CNc1cccc(OC2CCCC2)c1)[C@H]1CCS(=O)(=O)C1. The first-order valence-corrected chi connectivity index (χ1v) is 10.7. The molecule has 1 saturated carbocycles. The number of sulfone groups is 1. The Morgan fingerprint density at radius 2 is 2.04 bits per heavy atom. The van der Waals surface area contributed by atoms with Crippen LogP contribution in [-0.4, -0.2) is 56.5 Å². The van der Waals surface area contributed by atoms with E-state index in [1.54, 1.807) is 11.9 Å². The third-order valence-electron chi connectivity index (χ3n) is 5.03. The lowest BCUT2D eigenvalue weighted by atomic mass is 10.2. The molecule has 1 amide bonds. The molecule has 1 N–H and O–H groups in total. The average molecular weight is 366 g/mol. The van der Waals surface area contributed by atoms with Gasteiger partial charge in [-0.3, -0.25) is 4.79 Å². The van der Waals surface area contributed by atoms with Crippen LogP contribution < -0.4 is 10.1 Å². The summed E-state index contributed by atoms with van der Waals surface area (Å²) in [6.07, 6.45) is 5.47. The summed E-state index contributed by atoms with van der Waals surface area (Å²) in [5.41, 5.74) is 0.830. The molecule has 2 aliphatic rings. The molecule has 1 heterocycles. The zero-order valence-electron chi connectivity index (χ0n) is 14.6. The zero-order chi connectivity index (χ0) is 17.9. The normalized spacial score (nSPS) is 22.7. The summed E-state index contributed by atoms with van der Waals surface area (Å²) in [7, 11) is -1.31. The summed E-state index contributed by atoms with van der Waals surface area (Å²) < 4.78 is 29.1. The lowest BCUT2D eigenvalue weighted by Crippen LogP contribution is -2.40.